The van der Waals surface area contributed by atoms with Crippen molar-refractivity contribution >= 4 is 11.9 Å². The SMILES string of the molecule is CCOC(=O)C1=CC[C@@]2([N+](=O)[O-])Oc3c(OC)cccc3[C@@H]12.CCOC(=O)C1=CC[C@]2([N+](=O)[O-])Oc3c(OC)cccc3[C@H]12. The first kappa shape index (κ1) is 30.3. The molecule has 4 atom stereocenters. The van der Waals surface area contributed by atoms with Gasteiger partial charge >= 0.3 is 23.4 Å². The van der Waals surface area contributed by atoms with Crippen molar-refractivity contribution in [1.29, 1.82) is 0 Å². The van der Waals surface area contributed by atoms with Crippen LogP contribution in [0.3, 0.4) is 0 Å². The van der Waals surface area contributed by atoms with E-state index < -0.39 is 45.1 Å². The van der Waals surface area contributed by atoms with Gasteiger partial charge in [0.1, 0.15) is 11.8 Å². The molecule has 0 N–H and O–H groups in total. The third-order valence-corrected chi connectivity index (χ3v) is 8.03. The summed E-state index contributed by atoms with van der Waals surface area (Å²) >= 11 is 0. The minimum absolute atomic E-state index is 0.0106. The van der Waals surface area contributed by atoms with Crippen LogP contribution in [0.15, 0.2) is 59.7 Å². The number of rotatable bonds is 8. The van der Waals surface area contributed by atoms with E-state index in [0.717, 1.165) is 0 Å². The van der Waals surface area contributed by atoms with Gasteiger partial charge in [-0.05, 0) is 26.0 Å². The van der Waals surface area contributed by atoms with E-state index in [9.17, 15) is 29.8 Å². The first-order chi connectivity index (χ1) is 21.1. The fourth-order valence-corrected chi connectivity index (χ4v) is 6.17. The van der Waals surface area contributed by atoms with E-state index in [2.05, 4.69) is 0 Å². The van der Waals surface area contributed by atoms with Crippen LogP contribution >= 0.6 is 0 Å². The lowest BCUT2D eigenvalue weighted by Crippen LogP contribution is -2.44. The lowest BCUT2D eigenvalue weighted by atomic mass is 9.88. The number of hydrogen-bond acceptors (Lipinski definition) is 12. The minimum atomic E-state index is -1.70. The molecule has 2 aliphatic carbocycles. The normalized spacial score (nSPS) is 24.8. The summed E-state index contributed by atoms with van der Waals surface area (Å²) in [6.45, 7) is 3.80. The van der Waals surface area contributed by atoms with E-state index in [1.807, 2.05) is 0 Å². The molecule has 0 radical (unpaired) electrons. The average Bonchev–Trinajstić information content (AvgIpc) is 3.74. The maximum absolute atomic E-state index is 12.1. The molecule has 0 bridgehead atoms. The third kappa shape index (κ3) is 4.48. The van der Waals surface area contributed by atoms with Crippen LogP contribution in [-0.2, 0) is 19.1 Å². The number of hydrogen-bond donors (Lipinski definition) is 0. The van der Waals surface area contributed by atoms with Crippen LogP contribution < -0.4 is 18.9 Å². The largest absolute Gasteiger partial charge is 0.493 e. The maximum Gasteiger partial charge on any atom is 0.377 e. The molecule has 2 aromatic carbocycles. The van der Waals surface area contributed by atoms with E-state index in [1.165, 1.54) is 26.4 Å². The monoisotopic (exact) mass is 610 g/mol. The van der Waals surface area contributed by atoms with Crippen molar-refractivity contribution in [3.05, 3.63) is 91.1 Å². The van der Waals surface area contributed by atoms with Gasteiger partial charge in [-0.25, -0.2) is 9.59 Å². The van der Waals surface area contributed by atoms with Crippen LogP contribution in [-0.4, -0.2) is 60.7 Å². The number of ether oxygens (including phenoxy) is 6. The predicted octanol–water partition coefficient (Wildman–Crippen LogP) is 4.07. The summed E-state index contributed by atoms with van der Waals surface area (Å²) < 4.78 is 31.8. The first-order valence-corrected chi connectivity index (χ1v) is 13.8. The topological polar surface area (TPSA) is 176 Å². The van der Waals surface area contributed by atoms with E-state index in [0.29, 0.717) is 34.1 Å². The molecule has 0 saturated heterocycles. The van der Waals surface area contributed by atoms with Crippen LogP contribution in [0.2, 0.25) is 0 Å². The number of benzene rings is 2. The number of esters is 2. The van der Waals surface area contributed by atoms with E-state index in [-0.39, 0.29) is 37.2 Å². The highest BCUT2D eigenvalue weighted by Gasteiger charge is 2.66. The lowest BCUT2D eigenvalue weighted by molar-refractivity contribution is -0.613. The van der Waals surface area contributed by atoms with Gasteiger partial charge in [0.15, 0.2) is 23.0 Å². The number of fused-ring (bicyclic) bond motifs is 6. The van der Waals surface area contributed by atoms with Gasteiger partial charge in [-0.15, -0.1) is 0 Å². The summed E-state index contributed by atoms with van der Waals surface area (Å²) in [5, 5.41) is 23.3. The average molecular weight is 611 g/mol. The molecule has 44 heavy (non-hydrogen) atoms. The van der Waals surface area contributed by atoms with Crippen LogP contribution in [0.1, 0.15) is 49.7 Å². The number of nitro groups is 2. The van der Waals surface area contributed by atoms with Crippen molar-refractivity contribution in [3.63, 3.8) is 0 Å². The lowest BCUT2D eigenvalue weighted by Gasteiger charge is -2.20. The molecule has 2 heterocycles. The summed E-state index contributed by atoms with van der Waals surface area (Å²) in [6.07, 6.45) is 3.09. The number of nitrogens with zero attached hydrogens (tertiary/aromatic N) is 2. The molecule has 4 aliphatic rings. The Hall–Kier alpha value is -5.14. The fraction of sp³-hybridized carbons (Fsp3) is 0.400. The molecule has 2 aromatic rings. The smallest absolute Gasteiger partial charge is 0.377 e. The van der Waals surface area contributed by atoms with Crippen molar-refractivity contribution in [3.8, 4) is 23.0 Å². The molecule has 0 unspecified atom stereocenters. The van der Waals surface area contributed by atoms with Crippen molar-refractivity contribution in [2.24, 2.45) is 0 Å². The van der Waals surface area contributed by atoms with Crippen LogP contribution in [0, 0.1) is 20.2 Å². The Labute approximate surface area is 251 Å². The van der Waals surface area contributed by atoms with Gasteiger partial charge in [0.2, 0.25) is 0 Å². The zero-order chi connectivity index (χ0) is 31.8. The Morgan fingerprint density at radius 3 is 1.48 bits per heavy atom. The summed E-state index contributed by atoms with van der Waals surface area (Å²) in [4.78, 5) is 46.6. The zero-order valence-electron chi connectivity index (χ0n) is 24.4. The number of carbonyl (C=O) groups excluding carboxylic acids is 2. The van der Waals surface area contributed by atoms with Crippen molar-refractivity contribution in [2.75, 3.05) is 27.4 Å². The minimum Gasteiger partial charge on any atom is -0.493 e. The van der Waals surface area contributed by atoms with Gasteiger partial charge in [-0.3, -0.25) is 20.2 Å². The quantitative estimate of drug-likeness (QED) is 0.238. The molecule has 14 heteroatoms. The Bertz CT molecular complexity index is 1480. The number of methoxy groups -OCH3 is 2. The van der Waals surface area contributed by atoms with Crippen molar-refractivity contribution < 1.29 is 47.9 Å². The standard InChI is InChI=1S/2C15H15NO6/c2*1-3-21-14(17)10-7-8-15(16(18)19)12(10)9-5-4-6-11(20-2)13(9)22-15/h2*4-7,12H,3,8H2,1-2H3/t2*12-,15+/m10/s1. The van der Waals surface area contributed by atoms with Gasteiger partial charge in [0.05, 0.1) is 61.3 Å². The van der Waals surface area contributed by atoms with Gasteiger partial charge < -0.3 is 28.4 Å². The van der Waals surface area contributed by atoms with Crippen LogP contribution in [0.5, 0.6) is 23.0 Å². The molecule has 0 spiro atoms. The van der Waals surface area contributed by atoms with Gasteiger partial charge in [-0.2, -0.15) is 0 Å². The van der Waals surface area contributed by atoms with E-state index >= 15 is 0 Å². The van der Waals surface area contributed by atoms with Gasteiger partial charge in [0, 0.05) is 11.1 Å². The molecule has 0 amide bonds. The van der Waals surface area contributed by atoms with Crippen LogP contribution in [0.4, 0.5) is 0 Å². The van der Waals surface area contributed by atoms with Crippen molar-refractivity contribution in [1.82, 2.24) is 0 Å². The zero-order valence-corrected chi connectivity index (χ0v) is 24.4. The summed E-state index contributed by atoms with van der Waals surface area (Å²) in [6, 6.07) is 10.2. The predicted molar refractivity (Wildman–Crippen MR) is 151 cm³/mol. The maximum atomic E-state index is 12.1. The molecule has 0 aromatic heterocycles. The molecule has 0 fully saturated rings. The first-order valence-electron chi connectivity index (χ1n) is 13.8. The van der Waals surface area contributed by atoms with E-state index in [4.69, 9.17) is 28.4 Å². The molecular formula is C30H30N2O12. The fourth-order valence-electron chi connectivity index (χ4n) is 6.17. The highest BCUT2D eigenvalue weighted by Crippen LogP contribution is 2.58. The third-order valence-electron chi connectivity index (χ3n) is 8.03. The molecule has 2 aliphatic heterocycles. The molecule has 6 rings (SSSR count). The summed E-state index contributed by atoms with van der Waals surface area (Å²) in [5.74, 6) is -1.19. The van der Waals surface area contributed by atoms with E-state index in [1.54, 1.807) is 50.2 Å². The molecular weight excluding hydrogens is 580 g/mol. The highest BCUT2D eigenvalue weighted by molar-refractivity contribution is 5.93. The second kappa shape index (κ2) is 11.5. The summed E-state index contributed by atoms with van der Waals surface area (Å²) in [7, 11) is 2.93. The highest BCUT2D eigenvalue weighted by atomic mass is 16.7. The van der Waals surface area contributed by atoms with Crippen molar-refractivity contribution in [2.45, 2.75) is 50.0 Å². The molecule has 232 valence electrons. The second-order valence-corrected chi connectivity index (χ2v) is 10.2. The molecule has 0 saturated carbocycles. The Kier molecular flexibility index (Phi) is 7.93. The second-order valence-electron chi connectivity index (χ2n) is 10.2. The van der Waals surface area contributed by atoms with Gasteiger partial charge in [-0.1, -0.05) is 36.4 Å². The molecule has 14 nitrogen and oxygen atoms in total. The van der Waals surface area contributed by atoms with Crippen LogP contribution in [0.25, 0.3) is 0 Å². The Morgan fingerprint density at radius 1 is 0.773 bits per heavy atom. The number of para-hydroxylation sites is 2. The van der Waals surface area contributed by atoms with Gasteiger partial charge in [0.25, 0.3) is 0 Å². The Morgan fingerprint density at radius 2 is 1.16 bits per heavy atom. The number of carbonyl (C=O) groups is 2. The summed E-state index contributed by atoms with van der Waals surface area (Å²) in [5.41, 5.74) is -1.70. The Balaban J connectivity index is 0.000000175.